The van der Waals surface area contributed by atoms with Crippen molar-refractivity contribution in [1.82, 2.24) is 5.32 Å². The van der Waals surface area contributed by atoms with E-state index in [1.807, 2.05) is 19.2 Å². The first-order valence-corrected chi connectivity index (χ1v) is 8.14. The van der Waals surface area contributed by atoms with E-state index in [-0.39, 0.29) is 6.04 Å². The van der Waals surface area contributed by atoms with Gasteiger partial charge in [0.1, 0.15) is 11.5 Å². The zero-order valence-corrected chi connectivity index (χ0v) is 14.2. The van der Waals surface area contributed by atoms with Crippen LogP contribution in [0.4, 0.5) is 0 Å². The summed E-state index contributed by atoms with van der Waals surface area (Å²) >= 11 is 0. The van der Waals surface area contributed by atoms with Gasteiger partial charge >= 0.3 is 0 Å². The van der Waals surface area contributed by atoms with E-state index in [1.165, 1.54) is 31.2 Å². The van der Waals surface area contributed by atoms with Crippen molar-refractivity contribution in [3.63, 3.8) is 0 Å². The second kappa shape index (κ2) is 9.67. The summed E-state index contributed by atoms with van der Waals surface area (Å²) in [5.74, 6) is 2.42. The molecular formula is C18H31NO2. The Morgan fingerprint density at radius 2 is 2.00 bits per heavy atom. The molecule has 2 unspecified atom stereocenters. The highest BCUT2D eigenvalue weighted by atomic mass is 16.5. The first kappa shape index (κ1) is 17.8. The molecule has 0 saturated heterocycles. The van der Waals surface area contributed by atoms with Crippen LogP contribution in [0.3, 0.4) is 0 Å². The molecule has 0 aromatic heterocycles. The maximum absolute atomic E-state index is 6.13. The summed E-state index contributed by atoms with van der Waals surface area (Å²) in [5.41, 5.74) is 1.18. The summed E-state index contributed by atoms with van der Waals surface area (Å²) in [4.78, 5) is 0. The molecule has 0 spiro atoms. The second-order valence-electron chi connectivity index (χ2n) is 5.64. The molecule has 0 saturated carbocycles. The Hall–Kier alpha value is -1.22. The van der Waals surface area contributed by atoms with E-state index in [9.17, 15) is 0 Å². The lowest BCUT2D eigenvalue weighted by molar-refractivity contribution is 0.229. The van der Waals surface area contributed by atoms with Crippen molar-refractivity contribution in [2.24, 2.45) is 5.92 Å². The van der Waals surface area contributed by atoms with Crippen LogP contribution in [0.15, 0.2) is 18.2 Å². The van der Waals surface area contributed by atoms with E-state index < -0.39 is 0 Å². The van der Waals surface area contributed by atoms with Crippen LogP contribution in [0.5, 0.6) is 11.5 Å². The van der Waals surface area contributed by atoms with Gasteiger partial charge in [0.05, 0.1) is 13.7 Å². The van der Waals surface area contributed by atoms with E-state index in [0.29, 0.717) is 5.92 Å². The van der Waals surface area contributed by atoms with Crippen molar-refractivity contribution < 1.29 is 9.47 Å². The highest BCUT2D eigenvalue weighted by Crippen LogP contribution is 2.30. The molecule has 3 heteroatoms. The summed E-state index contributed by atoms with van der Waals surface area (Å²) in [6.45, 7) is 7.41. The number of ether oxygens (including phenoxy) is 2. The molecule has 1 rings (SSSR count). The van der Waals surface area contributed by atoms with E-state index >= 15 is 0 Å². The van der Waals surface area contributed by atoms with Crippen LogP contribution in [-0.4, -0.2) is 20.8 Å². The van der Waals surface area contributed by atoms with Crippen molar-refractivity contribution in [2.75, 3.05) is 20.8 Å². The van der Waals surface area contributed by atoms with Gasteiger partial charge in [-0.05, 0) is 32.4 Å². The van der Waals surface area contributed by atoms with Gasteiger partial charge in [-0.15, -0.1) is 0 Å². The number of hydrogen-bond acceptors (Lipinski definition) is 3. The zero-order chi connectivity index (χ0) is 15.7. The summed E-state index contributed by atoms with van der Waals surface area (Å²) in [6.07, 6.45) is 4.94. The van der Waals surface area contributed by atoms with Gasteiger partial charge in [0.2, 0.25) is 0 Å². The first-order chi connectivity index (χ1) is 10.2. The Morgan fingerprint density at radius 1 is 1.24 bits per heavy atom. The van der Waals surface area contributed by atoms with Crippen molar-refractivity contribution in [3.05, 3.63) is 23.8 Å². The number of rotatable bonds is 10. The van der Waals surface area contributed by atoms with Crippen LogP contribution in [-0.2, 0) is 0 Å². The Bertz CT molecular complexity index is 406. The summed E-state index contributed by atoms with van der Waals surface area (Å²) in [5, 5.41) is 3.27. The van der Waals surface area contributed by atoms with Crippen molar-refractivity contribution >= 4 is 0 Å². The van der Waals surface area contributed by atoms with Crippen LogP contribution in [0.2, 0.25) is 0 Å². The predicted octanol–water partition coefficient (Wildman–Crippen LogP) is 4.57. The van der Waals surface area contributed by atoms with E-state index in [2.05, 4.69) is 32.2 Å². The third kappa shape index (κ3) is 5.58. The fraction of sp³-hybridized carbons (Fsp3) is 0.667. The summed E-state index contributed by atoms with van der Waals surface area (Å²) < 4.78 is 11.5. The number of nitrogens with one attached hydrogen (secondary N) is 1. The van der Waals surface area contributed by atoms with Crippen molar-refractivity contribution in [3.8, 4) is 11.5 Å². The maximum Gasteiger partial charge on any atom is 0.127 e. The molecule has 21 heavy (non-hydrogen) atoms. The zero-order valence-electron chi connectivity index (χ0n) is 14.2. The van der Waals surface area contributed by atoms with Gasteiger partial charge in [0.25, 0.3) is 0 Å². The fourth-order valence-corrected chi connectivity index (χ4v) is 2.39. The minimum absolute atomic E-state index is 0.265. The highest BCUT2D eigenvalue weighted by Gasteiger charge is 2.13. The van der Waals surface area contributed by atoms with Crippen LogP contribution in [0.25, 0.3) is 0 Å². The highest BCUT2D eigenvalue weighted by molar-refractivity contribution is 5.42. The first-order valence-electron chi connectivity index (χ1n) is 8.14. The fourth-order valence-electron chi connectivity index (χ4n) is 2.39. The molecule has 0 fully saturated rings. The average Bonchev–Trinajstić information content (AvgIpc) is 2.54. The summed E-state index contributed by atoms with van der Waals surface area (Å²) in [6, 6.07) is 6.34. The minimum Gasteiger partial charge on any atom is -0.497 e. The SMILES string of the molecule is CCCCC(CC)COc1cc(OC)ccc1C(C)NC. The van der Waals surface area contributed by atoms with Crippen molar-refractivity contribution in [2.45, 2.75) is 52.5 Å². The quantitative estimate of drug-likeness (QED) is 0.685. The second-order valence-corrected chi connectivity index (χ2v) is 5.64. The van der Waals surface area contributed by atoms with E-state index in [0.717, 1.165) is 18.1 Å². The number of methoxy groups -OCH3 is 1. The van der Waals surface area contributed by atoms with Gasteiger partial charge in [0, 0.05) is 17.7 Å². The van der Waals surface area contributed by atoms with Gasteiger partial charge < -0.3 is 14.8 Å². The van der Waals surface area contributed by atoms with Crippen LogP contribution in [0, 0.1) is 5.92 Å². The lowest BCUT2D eigenvalue weighted by atomic mass is 10.0. The number of unbranched alkanes of at least 4 members (excludes halogenated alkanes) is 1. The Balaban J connectivity index is 2.78. The lowest BCUT2D eigenvalue weighted by Gasteiger charge is -2.20. The molecule has 0 aliphatic carbocycles. The monoisotopic (exact) mass is 293 g/mol. The molecule has 0 heterocycles. The number of benzene rings is 1. The largest absolute Gasteiger partial charge is 0.497 e. The molecule has 1 aromatic rings. The molecule has 3 nitrogen and oxygen atoms in total. The molecule has 1 N–H and O–H groups in total. The Kier molecular flexibility index (Phi) is 8.21. The lowest BCUT2D eigenvalue weighted by Crippen LogP contribution is -2.16. The van der Waals surface area contributed by atoms with Crippen LogP contribution < -0.4 is 14.8 Å². The van der Waals surface area contributed by atoms with E-state index in [1.54, 1.807) is 7.11 Å². The average molecular weight is 293 g/mol. The van der Waals surface area contributed by atoms with Crippen molar-refractivity contribution in [1.29, 1.82) is 0 Å². The Morgan fingerprint density at radius 3 is 2.57 bits per heavy atom. The molecule has 0 radical (unpaired) electrons. The van der Waals surface area contributed by atoms with Crippen LogP contribution in [0.1, 0.15) is 58.1 Å². The van der Waals surface area contributed by atoms with Gasteiger partial charge in [-0.3, -0.25) is 0 Å². The Labute approximate surface area is 130 Å². The molecule has 1 aromatic carbocycles. The third-order valence-electron chi connectivity index (χ3n) is 4.14. The molecular weight excluding hydrogens is 262 g/mol. The topological polar surface area (TPSA) is 30.5 Å². The minimum atomic E-state index is 0.265. The van der Waals surface area contributed by atoms with Gasteiger partial charge in [-0.2, -0.15) is 0 Å². The molecule has 120 valence electrons. The molecule has 0 amide bonds. The van der Waals surface area contributed by atoms with Gasteiger partial charge in [-0.25, -0.2) is 0 Å². The maximum atomic E-state index is 6.13. The third-order valence-corrected chi connectivity index (χ3v) is 4.14. The van der Waals surface area contributed by atoms with E-state index in [4.69, 9.17) is 9.47 Å². The molecule has 0 bridgehead atoms. The normalized spacial score (nSPS) is 13.8. The van der Waals surface area contributed by atoms with Gasteiger partial charge in [0.15, 0.2) is 0 Å². The standard InChI is InChI=1S/C18H31NO2/c1-6-8-9-15(7-2)13-21-18-12-16(20-5)10-11-17(18)14(3)19-4/h10-12,14-15,19H,6-9,13H2,1-5H3. The predicted molar refractivity (Wildman–Crippen MR) is 89.3 cm³/mol. The van der Waals surface area contributed by atoms with Crippen LogP contribution >= 0.6 is 0 Å². The van der Waals surface area contributed by atoms with Gasteiger partial charge in [-0.1, -0.05) is 39.2 Å². The molecule has 2 atom stereocenters. The molecule has 0 aliphatic rings. The number of hydrogen-bond donors (Lipinski definition) is 1. The summed E-state index contributed by atoms with van der Waals surface area (Å²) in [7, 11) is 3.66. The molecule has 0 aliphatic heterocycles. The smallest absolute Gasteiger partial charge is 0.127 e.